The van der Waals surface area contributed by atoms with Crippen molar-refractivity contribution in [2.75, 3.05) is 46.9 Å². The molecule has 0 radical (unpaired) electrons. The highest BCUT2D eigenvalue weighted by molar-refractivity contribution is 5.34. The number of aliphatic hydroxyl groups is 1. The zero-order valence-corrected chi connectivity index (χ0v) is 14.5. The summed E-state index contributed by atoms with van der Waals surface area (Å²) in [7, 11) is 4.07. The molecule has 1 saturated heterocycles. The molecule has 1 fully saturated rings. The lowest BCUT2D eigenvalue weighted by Crippen LogP contribution is -2.50. The van der Waals surface area contributed by atoms with Gasteiger partial charge in [-0.2, -0.15) is 0 Å². The van der Waals surface area contributed by atoms with Gasteiger partial charge in [0, 0.05) is 26.2 Å². The molecule has 2 heterocycles. The first kappa shape index (κ1) is 16.7. The maximum Gasteiger partial charge on any atom is 0.122 e. The SMILES string of the molecule is CN(C)CC1(O)CCN(C[C@@H]2CCOc3ccccc3C2)CC1. The quantitative estimate of drug-likeness (QED) is 0.921. The number of nitrogens with zero attached hydrogens (tertiary/aromatic N) is 2. The van der Waals surface area contributed by atoms with Crippen molar-refractivity contribution in [2.45, 2.75) is 31.3 Å². The van der Waals surface area contributed by atoms with E-state index >= 15 is 0 Å². The van der Waals surface area contributed by atoms with Gasteiger partial charge in [0.2, 0.25) is 0 Å². The van der Waals surface area contributed by atoms with E-state index in [9.17, 15) is 5.11 Å². The van der Waals surface area contributed by atoms with Crippen LogP contribution in [-0.4, -0.2) is 67.4 Å². The monoisotopic (exact) mass is 318 g/mol. The van der Waals surface area contributed by atoms with Crippen molar-refractivity contribution in [1.82, 2.24) is 9.80 Å². The second-order valence-electron chi connectivity index (χ2n) is 7.58. The van der Waals surface area contributed by atoms with Crippen LogP contribution in [0.15, 0.2) is 24.3 Å². The van der Waals surface area contributed by atoms with Crippen molar-refractivity contribution in [3.63, 3.8) is 0 Å². The first-order valence-corrected chi connectivity index (χ1v) is 8.84. The van der Waals surface area contributed by atoms with Crippen molar-refractivity contribution < 1.29 is 9.84 Å². The largest absolute Gasteiger partial charge is 0.493 e. The lowest BCUT2D eigenvalue weighted by atomic mass is 9.89. The summed E-state index contributed by atoms with van der Waals surface area (Å²) in [5, 5.41) is 10.7. The molecule has 1 aromatic carbocycles. The Hall–Kier alpha value is -1.10. The summed E-state index contributed by atoms with van der Waals surface area (Å²) in [6.45, 7) is 4.72. The summed E-state index contributed by atoms with van der Waals surface area (Å²) in [6.07, 6.45) is 3.98. The number of benzene rings is 1. The smallest absolute Gasteiger partial charge is 0.122 e. The molecule has 0 amide bonds. The molecule has 1 atom stereocenters. The number of piperidine rings is 1. The van der Waals surface area contributed by atoms with Crippen LogP contribution in [0.4, 0.5) is 0 Å². The fourth-order valence-corrected chi connectivity index (χ4v) is 3.98. The van der Waals surface area contributed by atoms with E-state index in [1.165, 1.54) is 5.56 Å². The number of ether oxygens (including phenoxy) is 1. The second kappa shape index (κ2) is 7.20. The van der Waals surface area contributed by atoms with Gasteiger partial charge in [-0.25, -0.2) is 0 Å². The van der Waals surface area contributed by atoms with Crippen molar-refractivity contribution in [3.8, 4) is 5.75 Å². The Bertz CT molecular complexity index is 510. The first-order valence-electron chi connectivity index (χ1n) is 8.84. The van der Waals surface area contributed by atoms with Gasteiger partial charge in [-0.15, -0.1) is 0 Å². The highest BCUT2D eigenvalue weighted by Crippen LogP contribution is 2.29. The van der Waals surface area contributed by atoms with E-state index in [0.717, 1.165) is 64.2 Å². The third-order valence-electron chi connectivity index (χ3n) is 5.18. The minimum absolute atomic E-state index is 0.501. The summed E-state index contributed by atoms with van der Waals surface area (Å²) in [5.74, 6) is 1.72. The zero-order chi connectivity index (χ0) is 16.3. The Morgan fingerprint density at radius 2 is 2.00 bits per heavy atom. The van der Waals surface area contributed by atoms with Crippen LogP contribution in [-0.2, 0) is 6.42 Å². The molecule has 23 heavy (non-hydrogen) atoms. The molecular formula is C19H30N2O2. The number of likely N-dealkylation sites (N-methyl/N-ethyl adjacent to an activating group) is 1. The van der Waals surface area contributed by atoms with Gasteiger partial charge in [0.25, 0.3) is 0 Å². The molecule has 4 heteroatoms. The van der Waals surface area contributed by atoms with Crippen LogP contribution in [0.5, 0.6) is 5.75 Å². The van der Waals surface area contributed by atoms with Gasteiger partial charge in [0.05, 0.1) is 12.2 Å². The molecule has 4 nitrogen and oxygen atoms in total. The normalized spacial score (nSPS) is 24.8. The van der Waals surface area contributed by atoms with Gasteiger partial charge in [-0.3, -0.25) is 0 Å². The first-order chi connectivity index (χ1) is 11.0. The van der Waals surface area contributed by atoms with Crippen LogP contribution >= 0.6 is 0 Å². The molecule has 1 aromatic rings. The molecule has 128 valence electrons. The predicted octanol–water partition coefficient (Wildman–Crippen LogP) is 2.02. The number of hydrogen-bond donors (Lipinski definition) is 1. The maximum absolute atomic E-state index is 10.7. The number of likely N-dealkylation sites (tertiary alicyclic amines) is 1. The topological polar surface area (TPSA) is 35.9 Å². The Balaban J connectivity index is 1.53. The summed E-state index contributed by atoms with van der Waals surface area (Å²) >= 11 is 0. The Morgan fingerprint density at radius 1 is 1.26 bits per heavy atom. The third kappa shape index (κ3) is 4.46. The zero-order valence-electron chi connectivity index (χ0n) is 14.5. The summed E-state index contributed by atoms with van der Waals surface area (Å²) in [5.41, 5.74) is 0.843. The summed E-state index contributed by atoms with van der Waals surface area (Å²) in [6, 6.07) is 8.43. The second-order valence-corrected chi connectivity index (χ2v) is 7.58. The van der Waals surface area contributed by atoms with Gasteiger partial charge >= 0.3 is 0 Å². The fourth-order valence-electron chi connectivity index (χ4n) is 3.98. The van der Waals surface area contributed by atoms with E-state index in [4.69, 9.17) is 4.74 Å². The van der Waals surface area contributed by atoms with Gasteiger partial charge in [0.1, 0.15) is 5.75 Å². The van der Waals surface area contributed by atoms with Gasteiger partial charge in [-0.05, 0) is 57.3 Å². The van der Waals surface area contributed by atoms with E-state index < -0.39 is 5.60 Å². The molecule has 0 aliphatic carbocycles. The molecule has 0 aromatic heterocycles. The maximum atomic E-state index is 10.7. The molecule has 0 unspecified atom stereocenters. The summed E-state index contributed by atoms with van der Waals surface area (Å²) in [4.78, 5) is 4.62. The number of rotatable bonds is 4. The minimum atomic E-state index is -0.501. The Labute approximate surface area is 140 Å². The van der Waals surface area contributed by atoms with Crippen LogP contribution in [0.3, 0.4) is 0 Å². The average Bonchev–Trinajstić information content (AvgIpc) is 2.70. The Kier molecular flexibility index (Phi) is 5.24. The van der Waals surface area contributed by atoms with Crippen LogP contribution in [0.1, 0.15) is 24.8 Å². The lowest BCUT2D eigenvalue weighted by Gasteiger charge is -2.40. The lowest BCUT2D eigenvalue weighted by molar-refractivity contribution is -0.0399. The highest BCUT2D eigenvalue weighted by Gasteiger charge is 2.33. The number of hydrogen-bond acceptors (Lipinski definition) is 4. The van der Waals surface area contributed by atoms with Gasteiger partial charge in [-0.1, -0.05) is 18.2 Å². The van der Waals surface area contributed by atoms with Crippen LogP contribution in [0.25, 0.3) is 0 Å². The van der Waals surface area contributed by atoms with E-state index in [2.05, 4.69) is 34.1 Å². The molecule has 0 saturated carbocycles. The standard InChI is InChI=1S/C19H30N2O2/c1-20(2)15-19(22)8-10-21(11-9-19)14-16-7-12-23-18-6-4-3-5-17(18)13-16/h3-6,16,22H,7-15H2,1-2H3/t16-/m1/s1. The molecule has 1 N–H and O–H groups in total. The fraction of sp³-hybridized carbons (Fsp3) is 0.684. The van der Waals surface area contributed by atoms with Gasteiger partial charge in [0.15, 0.2) is 0 Å². The molecule has 3 rings (SSSR count). The molecular weight excluding hydrogens is 288 g/mol. The molecule has 0 spiro atoms. The van der Waals surface area contributed by atoms with Crippen LogP contribution < -0.4 is 4.74 Å². The highest BCUT2D eigenvalue weighted by atomic mass is 16.5. The molecule has 2 aliphatic heterocycles. The molecule has 0 bridgehead atoms. The van der Waals surface area contributed by atoms with Crippen LogP contribution in [0.2, 0.25) is 0 Å². The van der Waals surface area contributed by atoms with E-state index in [1.54, 1.807) is 0 Å². The van der Waals surface area contributed by atoms with Crippen molar-refractivity contribution in [1.29, 1.82) is 0 Å². The van der Waals surface area contributed by atoms with Gasteiger partial charge < -0.3 is 19.6 Å². The van der Waals surface area contributed by atoms with Crippen molar-refractivity contribution in [3.05, 3.63) is 29.8 Å². The van der Waals surface area contributed by atoms with Crippen LogP contribution in [0, 0.1) is 5.92 Å². The summed E-state index contributed by atoms with van der Waals surface area (Å²) < 4.78 is 5.88. The van der Waals surface area contributed by atoms with Crippen molar-refractivity contribution in [2.24, 2.45) is 5.92 Å². The molecule has 2 aliphatic rings. The van der Waals surface area contributed by atoms with Crippen molar-refractivity contribution >= 4 is 0 Å². The predicted molar refractivity (Wildman–Crippen MR) is 92.9 cm³/mol. The number of para-hydroxylation sites is 1. The van der Waals surface area contributed by atoms with E-state index in [1.807, 2.05) is 14.1 Å². The van der Waals surface area contributed by atoms with E-state index in [-0.39, 0.29) is 0 Å². The van der Waals surface area contributed by atoms with E-state index in [0.29, 0.717) is 5.92 Å². The number of fused-ring (bicyclic) bond motifs is 1. The average molecular weight is 318 g/mol. The Morgan fingerprint density at radius 3 is 2.74 bits per heavy atom. The third-order valence-corrected chi connectivity index (χ3v) is 5.18. The minimum Gasteiger partial charge on any atom is -0.493 e.